The van der Waals surface area contributed by atoms with Gasteiger partial charge in [-0.2, -0.15) is 0 Å². The number of nitrogens with zero attached hydrogens (tertiary/aromatic N) is 2. The molecule has 30 heavy (non-hydrogen) atoms. The molecule has 3 unspecified atom stereocenters. The van der Waals surface area contributed by atoms with Gasteiger partial charge in [-0.3, -0.25) is 9.88 Å². The zero-order valence-electron chi connectivity index (χ0n) is 18.4. The second-order valence-electron chi connectivity index (χ2n) is 9.19. The Morgan fingerprint density at radius 3 is 2.57 bits per heavy atom. The minimum atomic E-state index is -0.411. The summed E-state index contributed by atoms with van der Waals surface area (Å²) in [6.45, 7) is 6.74. The summed E-state index contributed by atoms with van der Waals surface area (Å²) in [5, 5.41) is 10.7. The topological polar surface area (TPSA) is 54.8 Å². The average Bonchev–Trinajstić information content (AvgIpc) is 3.37. The molecular formula is C25H34N2O3. The molecule has 2 fully saturated rings. The van der Waals surface area contributed by atoms with Crippen molar-refractivity contribution in [3.63, 3.8) is 0 Å². The molecule has 0 radical (unpaired) electrons. The van der Waals surface area contributed by atoms with Crippen LogP contribution in [-0.2, 0) is 6.54 Å². The number of likely N-dealkylation sites (tertiary alicyclic amines) is 1. The number of pyridine rings is 1. The van der Waals surface area contributed by atoms with Crippen LogP contribution in [0.25, 0.3) is 0 Å². The number of hydrogen-bond acceptors (Lipinski definition) is 5. The van der Waals surface area contributed by atoms with Gasteiger partial charge in [0.05, 0.1) is 19.3 Å². The fourth-order valence-corrected chi connectivity index (χ4v) is 5.09. The normalized spacial score (nSPS) is 26.1. The molecule has 1 aromatic carbocycles. The lowest BCUT2D eigenvalue weighted by Crippen LogP contribution is -2.37. The van der Waals surface area contributed by atoms with E-state index in [0.717, 1.165) is 44.0 Å². The minimum absolute atomic E-state index is 0.219. The number of ether oxygens (including phenoxy) is 2. The number of benzene rings is 1. The molecule has 1 aromatic heterocycles. The molecule has 0 spiro atoms. The van der Waals surface area contributed by atoms with Crippen LogP contribution in [0.3, 0.4) is 0 Å². The van der Waals surface area contributed by atoms with Gasteiger partial charge in [0.2, 0.25) is 0 Å². The molecule has 5 nitrogen and oxygen atoms in total. The summed E-state index contributed by atoms with van der Waals surface area (Å²) < 4.78 is 11.9. The first-order chi connectivity index (χ1) is 14.5. The lowest BCUT2D eigenvalue weighted by atomic mass is 9.72. The number of hydrogen-bond donors (Lipinski definition) is 1. The summed E-state index contributed by atoms with van der Waals surface area (Å²) >= 11 is 0. The molecule has 3 atom stereocenters. The molecule has 1 aliphatic heterocycles. The van der Waals surface area contributed by atoms with E-state index in [9.17, 15) is 5.11 Å². The van der Waals surface area contributed by atoms with E-state index in [4.69, 9.17) is 9.47 Å². The summed E-state index contributed by atoms with van der Waals surface area (Å²) in [6, 6.07) is 10.4. The first kappa shape index (κ1) is 21.1. The van der Waals surface area contributed by atoms with E-state index in [2.05, 4.69) is 41.1 Å². The predicted molar refractivity (Wildman–Crippen MR) is 118 cm³/mol. The van der Waals surface area contributed by atoms with Gasteiger partial charge < -0.3 is 14.6 Å². The maximum atomic E-state index is 10.7. The van der Waals surface area contributed by atoms with Crippen molar-refractivity contribution >= 4 is 0 Å². The Hall–Kier alpha value is -2.11. The molecule has 1 saturated heterocycles. The third-order valence-corrected chi connectivity index (χ3v) is 7.10. The Morgan fingerprint density at radius 2 is 1.90 bits per heavy atom. The predicted octanol–water partition coefficient (Wildman–Crippen LogP) is 4.40. The Balaban J connectivity index is 1.59. The van der Waals surface area contributed by atoms with Crippen molar-refractivity contribution in [2.75, 3.05) is 20.2 Å². The zero-order chi connectivity index (χ0) is 21.1. The Kier molecular flexibility index (Phi) is 6.30. The molecule has 2 aromatic rings. The van der Waals surface area contributed by atoms with Crippen LogP contribution < -0.4 is 9.47 Å². The van der Waals surface area contributed by atoms with Crippen LogP contribution in [0.4, 0.5) is 0 Å². The minimum Gasteiger partial charge on any atom is -0.493 e. The van der Waals surface area contributed by atoms with E-state index in [1.807, 2.05) is 25.4 Å². The van der Waals surface area contributed by atoms with Crippen molar-refractivity contribution < 1.29 is 14.6 Å². The van der Waals surface area contributed by atoms with Gasteiger partial charge in [0.15, 0.2) is 11.5 Å². The van der Waals surface area contributed by atoms with Gasteiger partial charge in [-0.1, -0.05) is 13.0 Å². The van der Waals surface area contributed by atoms with Crippen LogP contribution >= 0.6 is 0 Å². The highest BCUT2D eigenvalue weighted by Gasteiger charge is 2.47. The summed E-state index contributed by atoms with van der Waals surface area (Å²) in [5.74, 6) is 1.84. The Bertz CT molecular complexity index is 836. The monoisotopic (exact) mass is 410 g/mol. The van der Waals surface area contributed by atoms with E-state index in [-0.39, 0.29) is 17.4 Å². The van der Waals surface area contributed by atoms with Gasteiger partial charge in [-0.15, -0.1) is 0 Å². The maximum Gasteiger partial charge on any atom is 0.161 e. The first-order valence-electron chi connectivity index (χ1n) is 11.1. The second-order valence-corrected chi connectivity index (χ2v) is 9.19. The van der Waals surface area contributed by atoms with E-state index in [1.165, 1.54) is 24.0 Å². The van der Waals surface area contributed by atoms with E-state index in [1.54, 1.807) is 7.11 Å². The Morgan fingerprint density at radius 1 is 1.17 bits per heavy atom. The molecule has 1 N–H and O–H groups in total. The van der Waals surface area contributed by atoms with Crippen molar-refractivity contribution in [2.24, 2.45) is 5.41 Å². The SMILES string of the molecule is COc1ccc(C2CN(Cc3ccncc3)CC2(C)C(C)O)cc1OC1CCCC1. The Labute approximate surface area is 180 Å². The summed E-state index contributed by atoms with van der Waals surface area (Å²) in [4.78, 5) is 6.56. The average molecular weight is 411 g/mol. The van der Waals surface area contributed by atoms with Crippen molar-refractivity contribution in [3.8, 4) is 11.5 Å². The highest BCUT2D eigenvalue weighted by atomic mass is 16.5. The highest BCUT2D eigenvalue weighted by molar-refractivity contribution is 5.45. The van der Waals surface area contributed by atoms with Crippen molar-refractivity contribution in [1.82, 2.24) is 9.88 Å². The number of rotatable bonds is 7. The summed E-state index contributed by atoms with van der Waals surface area (Å²) in [7, 11) is 1.70. The quantitative estimate of drug-likeness (QED) is 0.733. The maximum absolute atomic E-state index is 10.7. The van der Waals surface area contributed by atoms with E-state index < -0.39 is 6.10 Å². The third kappa shape index (κ3) is 4.33. The zero-order valence-corrected chi connectivity index (χ0v) is 18.4. The smallest absolute Gasteiger partial charge is 0.161 e. The number of aromatic nitrogens is 1. The fraction of sp³-hybridized carbons (Fsp3) is 0.560. The van der Waals surface area contributed by atoms with Crippen LogP contribution in [0.1, 0.15) is 56.6 Å². The van der Waals surface area contributed by atoms with E-state index >= 15 is 0 Å². The molecule has 5 heteroatoms. The second kappa shape index (κ2) is 8.94. The van der Waals surface area contributed by atoms with Gasteiger partial charge in [-0.25, -0.2) is 0 Å². The van der Waals surface area contributed by atoms with Gasteiger partial charge in [0, 0.05) is 43.4 Å². The summed E-state index contributed by atoms with van der Waals surface area (Å²) in [6.07, 6.45) is 8.25. The molecule has 4 rings (SSSR count). The molecule has 1 aliphatic carbocycles. The van der Waals surface area contributed by atoms with Gasteiger partial charge >= 0.3 is 0 Å². The molecule has 1 saturated carbocycles. The number of aliphatic hydroxyl groups excluding tert-OH is 1. The van der Waals surface area contributed by atoms with Crippen molar-refractivity contribution in [1.29, 1.82) is 0 Å². The van der Waals surface area contributed by atoms with Crippen LogP contribution in [0.5, 0.6) is 11.5 Å². The van der Waals surface area contributed by atoms with Crippen LogP contribution in [0.15, 0.2) is 42.7 Å². The molecule has 0 amide bonds. The standard InChI is InChI=1S/C25H34N2O3/c1-18(28)25(2)17-27(15-19-10-12-26-13-11-19)16-22(25)20-8-9-23(29-3)24(14-20)30-21-6-4-5-7-21/h8-14,18,21-22,28H,4-7,15-17H2,1-3H3. The molecule has 162 valence electrons. The highest BCUT2D eigenvalue weighted by Crippen LogP contribution is 2.47. The number of methoxy groups -OCH3 is 1. The van der Waals surface area contributed by atoms with E-state index in [0.29, 0.717) is 0 Å². The van der Waals surface area contributed by atoms with Gasteiger partial charge in [0.1, 0.15) is 0 Å². The first-order valence-corrected chi connectivity index (χ1v) is 11.1. The lowest BCUT2D eigenvalue weighted by Gasteiger charge is -2.34. The summed E-state index contributed by atoms with van der Waals surface area (Å²) in [5.41, 5.74) is 2.23. The lowest BCUT2D eigenvalue weighted by molar-refractivity contribution is 0.0474. The molecule has 2 aliphatic rings. The van der Waals surface area contributed by atoms with Crippen LogP contribution in [0, 0.1) is 5.41 Å². The van der Waals surface area contributed by atoms with Crippen LogP contribution in [-0.4, -0.2) is 47.4 Å². The molecule has 2 heterocycles. The number of aliphatic hydroxyl groups is 1. The van der Waals surface area contributed by atoms with Gasteiger partial charge in [-0.05, 0) is 68.0 Å². The van der Waals surface area contributed by atoms with Crippen molar-refractivity contribution in [3.05, 3.63) is 53.9 Å². The fourth-order valence-electron chi connectivity index (χ4n) is 5.09. The third-order valence-electron chi connectivity index (χ3n) is 7.10. The molecular weight excluding hydrogens is 376 g/mol. The van der Waals surface area contributed by atoms with Gasteiger partial charge in [0.25, 0.3) is 0 Å². The largest absolute Gasteiger partial charge is 0.493 e. The molecule has 0 bridgehead atoms. The van der Waals surface area contributed by atoms with Crippen LogP contribution in [0.2, 0.25) is 0 Å². The van der Waals surface area contributed by atoms with Crippen molar-refractivity contribution in [2.45, 2.75) is 64.2 Å².